The highest BCUT2D eigenvalue weighted by Crippen LogP contribution is 2.33. The summed E-state index contributed by atoms with van der Waals surface area (Å²) in [5.41, 5.74) is -0.440. The van der Waals surface area contributed by atoms with Crippen LogP contribution >= 0.6 is 7.60 Å². The van der Waals surface area contributed by atoms with Gasteiger partial charge in [0.25, 0.3) is 5.56 Å². The third-order valence-corrected chi connectivity index (χ3v) is 9.49. The largest absolute Gasteiger partial charge is 0.394 e. The molecule has 0 bridgehead atoms. The second-order valence-corrected chi connectivity index (χ2v) is 14.8. The van der Waals surface area contributed by atoms with Crippen LogP contribution in [0.5, 0.6) is 0 Å². The molecule has 0 spiro atoms. The molecule has 5 atom stereocenters. The van der Waals surface area contributed by atoms with Crippen LogP contribution in [0.25, 0.3) is 11.2 Å². The lowest BCUT2D eigenvalue weighted by molar-refractivity contribution is -0.229. The highest BCUT2D eigenvalue weighted by Gasteiger charge is 2.46. The molecule has 0 aliphatic carbocycles. The van der Waals surface area contributed by atoms with E-state index in [9.17, 15) is 29.8 Å². The van der Waals surface area contributed by atoms with Crippen LogP contribution in [0.1, 0.15) is 103 Å². The van der Waals surface area contributed by atoms with Crippen molar-refractivity contribution in [3.05, 3.63) is 16.7 Å². The average molecular weight is 734 g/mol. The SMILES string of the molecule is CCCCCCCCCCCCCCCCOCCCN(c1nc2c(ncn2CCOCP(=O)(O)O)c(=O)[nH]1)C1O[C@H](CO)[C@H](O)[C@H](O)[C@H]1O. The lowest BCUT2D eigenvalue weighted by Crippen LogP contribution is -2.63. The molecule has 1 saturated heterocycles. The average Bonchev–Trinajstić information content (AvgIpc) is 3.50. The summed E-state index contributed by atoms with van der Waals surface area (Å²) in [6.45, 7) is 2.75. The van der Waals surface area contributed by atoms with Crippen molar-refractivity contribution in [2.24, 2.45) is 0 Å². The summed E-state index contributed by atoms with van der Waals surface area (Å²) in [5, 5.41) is 41.5. The molecule has 0 saturated carbocycles. The number of aliphatic hydroxyl groups is 4. The smallest absolute Gasteiger partial charge is 0.350 e. The molecule has 288 valence electrons. The van der Waals surface area contributed by atoms with Gasteiger partial charge in [-0.2, -0.15) is 4.98 Å². The van der Waals surface area contributed by atoms with Crippen LogP contribution in [0.3, 0.4) is 0 Å². The summed E-state index contributed by atoms with van der Waals surface area (Å²) in [6.07, 6.45) is 11.6. The molecule has 3 heterocycles. The topological polar surface area (TPSA) is 233 Å². The first-order valence-corrected chi connectivity index (χ1v) is 20.1. The van der Waals surface area contributed by atoms with Crippen LogP contribution < -0.4 is 10.5 Å². The molecule has 1 fully saturated rings. The van der Waals surface area contributed by atoms with Crippen molar-refractivity contribution in [1.82, 2.24) is 19.5 Å². The molecule has 7 N–H and O–H groups in total. The van der Waals surface area contributed by atoms with Crippen LogP contribution in [0.2, 0.25) is 0 Å². The van der Waals surface area contributed by atoms with Gasteiger partial charge in [-0.3, -0.25) is 14.3 Å². The summed E-state index contributed by atoms with van der Waals surface area (Å²) >= 11 is 0. The number of aromatic nitrogens is 4. The normalized spacial score (nSPS) is 21.3. The zero-order valence-electron chi connectivity index (χ0n) is 29.5. The first-order valence-electron chi connectivity index (χ1n) is 18.3. The number of fused-ring (bicyclic) bond motifs is 1. The van der Waals surface area contributed by atoms with Crippen LogP contribution in [-0.2, 0) is 25.3 Å². The molecule has 3 rings (SSSR count). The van der Waals surface area contributed by atoms with E-state index in [4.69, 9.17) is 24.0 Å². The number of ether oxygens (including phenoxy) is 3. The standard InChI is InChI=1S/C33H60N5O11P/c1-2-3-4-5-6-7-8-9-10-11-12-13-14-15-19-47-20-16-17-38(32-29(42)28(41)27(40)25(22-39)49-32)33-35-30-26(31(43)36-33)34-23-37(30)18-21-48-24-50(44,45)46/h23,25,27-29,32,39-42H,2-22,24H2,1H3,(H,35,36,43)(H2,44,45,46)/t25-,27+,28+,29-,32?/m1/s1. The molecular formula is C33H60N5O11P. The summed E-state index contributed by atoms with van der Waals surface area (Å²) in [4.78, 5) is 43.8. The highest BCUT2D eigenvalue weighted by atomic mass is 31.2. The van der Waals surface area contributed by atoms with Crippen LogP contribution in [0, 0.1) is 0 Å². The van der Waals surface area contributed by atoms with Crippen molar-refractivity contribution in [3.8, 4) is 0 Å². The van der Waals surface area contributed by atoms with Gasteiger partial charge in [0.1, 0.15) is 30.8 Å². The Hall–Kier alpha value is -1.98. The number of imidazole rings is 1. The number of rotatable bonds is 27. The fraction of sp³-hybridized carbons (Fsp3) is 0.848. The molecule has 0 amide bonds. The van der Waals surface area contributed by atoms with Crippen molar-refractivity contribution in [1.29, 1.82) is 0 Å². The summed E-state index contributed by atoms with van der Waals surface area (Å²) in [7, 11) is -4.35. The number of hydrogen-bond acceptors (Lipinski definition) is 12. The van der Waals surface area contributed by atoms with Gasteiger partial charge in [-0.15, -0.1) is 0 Å². The van der Waals surface area contributed by atoms with E-state index in [-0.39, 0.29) is 36.8 Å². The zero-order valence-corrected chi connectivity index (χ0v) is 30.4. The summed E-state index contributed by atoms with van der Waals surface area (Å²) in [6, 6.07) is 0. The molecule has 50 heavy (non-hydrogen) atoms. The van der Waals surface area contributed by atoms with Gasteiger partial charge < -0.3 is 53.9 Å². The number of unbranched alkanes of at least 4 members (excludes halogenated alkanes) is 13. The fourth-order valence-electron chi connectivity index (χ4n) is 6.12. The third-order valence-electron chi connectivity index (χ3n) is 8.97. The van der Waals surface area contributed by atoms with Gasteiger partial charge >= 0.3 is 7.60 Å². The number of nitrogens with one attached hydrogen (secondary N) is 1. The van der Waals surface area contributed by atoms with Gasteiger partial charge in [-0.05, 0) is 12.8 Å². The van der Waals surface area contributed by atoms with E-state index in [0.717, 1.165) is 12.8 Å². The number of anilines is 1. The minimum atomic E-state index is -4.35. The number of H-pyrrole nitrogens is 1. The molecule has 16 nitrogen and oxygen atoms in total. The molecule has 1 aliphatic heterocycles. The van der Waals surface area contributed by atoms with Crippen molar-refractivity contribution in [3.63, 3.8) is 0 Å². The molecule has 0 aromatic carbocycles. The van der Waals surface area contributed by atoms with Crippen molar-refractivity contribution >= 4 is 24.7 Å². The van der Waals surface area contributed by atoms with Gasteiger partial charge in [0, 0.05) is 26.3 Å². The Balaban J connectivity index is 1.50. The van der Waals surface area contributed by atoms with Gasteiger partial charge in [0.05, 0.1) is 19.5 Å². The third kappa shape index (κ3) is 14.2. The fourth-order valence-corrected chi connectivity index (χ4v) is 6.49. The maximum absolute atomic E-state index is 13.0. The Bertz CT molecular complexity index is 1320. The Morgan fingerprint density at radius 3 is 2.06 bits per heavy atom. The minimum absolute atomic E-state index is 0.00832. The summed E-state index contributed by atoms with van der Waals surface area (Å²) in [5.74, 6) is -0.0170. The van der Waals surface area contributed by atoms with E-state index in [2.05, 4.69) is 21.9 Å². The van der Waals surface area contributed by atoms with E-state index in [1.54, 1.807) is 0 Å². The van der Waals surface area contributed by atoms with E-state index in [0.29, 0.717) is 19.6 Å². The monoisotopic (exact) mass is 733 g/mol. The Kier molecular flexibility index (Phi) is 19.4. The lowest BCUT2D eigenvalue weighted by atomic mass is 9.98. The van der Waals surface area contributed by atoms with Gasteiger partial charge in [0.2, 0.25) is 5.95 Å². The van der Waals surface area contributed by atoms with Crippen molar-refractivity contribution in [2.45, 2.75) is 140 Å². The molecule has 2 aromatic rings. The van der Waals surface area contributed by atoms with Gasteiger partial charge in [0.15, 0.2) is 17.4 Å². The Morgan fingerprint density at radius 2 is 1.46 bits per heavy atom. The first-order chi connectivity index (χ1) is 24.1. The van der Waals surface area contributed by atoms with Crippen LogP contribution in [0.4, 0.5) is 5.95 Å². The molecule has 17 heteroatoms. The molecule has 1 unspecified atom stereocenters. The van der Waals surface area contributed by atoms with Crippen molar-refractivity contribution < 1.29 is 49.0 Å². The molecule has 2 aromatic heterocycles. The quantitative estimate of drug-likeness (QED) is 0.0517. The second kappa shape index (κ2) is 22.8. The van der Waals surface area contributed by atoms with E-state index in [1.807, 2.05) is 0 Å². The maximum atomic E-state index is 13.0. The molecule has 0 radical (unpaired) electrons. The number of hydrogen-bond donors (Lipinski definition) is 7. The van der Waals surface area contributed by atoms with Gasteiger partial charge in [-0.25, -0.2) is 4.98 Å². The maximum Gasteiger partial charge on any atom is 0.350 e. The number of aliphatic hydroxyl groups excluding tert-OH is 4. The minimum Gasteiger partial charge on any atom is -0.394 e. The Labute approximate surface area is 294 Å². The van der Waals surface area contributed by atoms with Gasteiger partial charge in [-0.1, -0.05) is 90.4 Å². The van der Waals surface area contributed by atoms with E-state index >= 15 is 0 Å². The predicted molar refractivity (Wildman–Crippen MR) is 188 cm³/mol. The summed E-state index contributed by atoms with van der Waals surface area (Å²) < 4.78 is 29.3. The highest BCUT2D eigenvalue weighted by molar-refractivity contribution is 7.51. The molecule has 1 aliphatic rings. The number of nitrogens with zero attached hydrogens (tertiary/aromatic N) is 4. The number of aromatic amines is 1. The second-order valence-electron chi connectivity index (χ2n) is 13.2. The van der Waals surface area contributed by atoms with E-state index < -0.39 is 56.8 Å². The van der Waals surface area contributed by atoms with Crippen molar-refractivity contribution in [2.75, 3.05) is 44.2 Å². The molecular weight excluding hydrogens is 673 g/mol. The predicted octanol–water partition coefficient (Wildman–Crippen LogP) is 2.77. The van der Waals surface area contributed by atoms with Crippen LogP contribution in [-0.4, -0.2) is 120 Å². The first kappa shape index (κ1) is 42.4. The Morgan fingerprint density at radius 1 is 0.860 bits per heavy atom. The van der Waals surface area contributed by atoms with Crippen LogP contribution in [0.15, 0.2) is 11.1 Å². The van der Waals surface area contributed by atoms with E-state index in [1.165, 1.54) is 92.8 Å². The lowest BCUT2D eigenvalue weighted by Gasteiger charge is -2.44. The zero-order chi connectivity index (χ0) is 36.4.